The second-order valence-corrected chi connectivity index (χ2v) is 7.22. The minimum atomic E-state index is 0.307. The zero-order valence-electron chi connectivity index (χ0n) is 12.4. The van der Waals surface area contributed by atoms with E-state index in [0.29, 0.717) is 10.8 Å². The number of rotatable bonds is 0. The summed E-state index contributed by atoms with van der Waals surface area (Å²) in [6, 6.07) is 4.76. The largest absolute Gasteiger partial charge is 0.0616 e. The summed E-state index contributed by atoms with van der Waals surface area (Å²) < 4.78 is 0. The molecule has 0 aliphatic heterocycles. The summed E-state index contributed by atoms with van der Waals surface area (Å²) in [6.45, 7) is 16.5. The first-order valence-electron chi connectivity index (χ1n) is 6.78. The van der Waals surface area contributed by atoms with Crippen molar-refractivity contribution in [3.05, 3.63) is 34.4 Å². The molecule has 0 radical (unpaired) electrons. The van der Waals surface area contributed by atoms with E-state index < -0.39 is 0 Å². The molecule has 17 heavy (non-hydrogen) atoms. The number of aryl methyl sites for hydroxylation is 2. The van der Waals surface area contributed by atoms with Crippen LogP contribution in [0.25, 0.3) is 0 Å². The predicted octanol–water partition coefficient (Wildman–Crippen LogP) is 4.90. The number of benzene rings is 1. The van der Waals surface area contributed by atoms with Gasteiger partial charge in [-0.3, -0.25) is 0 Å². The summed E-state index contributed by atoms with van der Waals surface area (Å²) in [7, 11) is 0. The molecule has 0 aromatic heterocycles. The molecule has 0 heterocycles. The Hall–Kier alpha value is -0.780. The third kappa shape index (κ3) is 1.82. The van der Waals surface area contributed by atoms with Gasteiger partial charge in [0.25, 0.3) is 0 Å². The lowest BCUT2D eigenvalue weighted by Crippen LogP contribution is -2.40. The Bertz CT molecular complexity index is 449. The van der Waals surface area contributed by atoms with E-state index in [1.54, 1.807) is 11.1 Å². The lowest BCUT2D eigenvalue weighted by Gasteiger charge is -2.47. The van der Waals surface area contributed by atoms with E-state index in [-0.39, 0.29) is 0 Å². The molecule has 0 N–H and O–H groups in total. The zero-order valence-corrected chi connectivity index (χ0v) is 12.4. The molecule has 0 amide bonds. The molecule has 0 saturated carbocycles. The van der Waals surface area contributed by atoms with Crippen LogP contribution in [0.2, 0.25) is 0 Å². The first-order valence-corrected chi connectivity index (χ1v) is 6.78. The normalized spacial score (nSPS) is 25.5. The van der Waals surface area contributed by atoms with E-state index in [1.165, 1.54) is 17.5 Å². The van der Waals surface area contributed by atoms with Crippen LogP contribution in [0.3, 0.4) is 0 Å². The van der Waals surface area contributed by atoms with Crippen LogP contribution < -0.4 is 0 Å². The van der Waals surface area contributed by atoms with Crippen molar-refractivity contribution in [3.63, 3.8) is 0 Å². The number of hydrogen-bond acceptors (Lipinski definition) is 0. The fourth-order valence-corrected chi connectivity index (χ4v) is 3.76. The quantitative estimate of drug-likeness (QED) is 0.595. The monoisotopic (exact) mass is 230 g/mol. The number of fused-ring (bicyclic) bond motifs is 1. The highest BCUT2D eigenvalue weighted by atomic mass is 14.5. The van der Waals surface area contributed by atoms with E-state index in [9.17, 15) is 0 Å². The average Bonchev–Trinajstić information content (AvgIpc) is 2.12. The summed E-state index contributed by atoms with van der Waals surface area (Å²) in [5.74, 6) is 0.742. The fourth-order valence-electron chi connectivity index (χ4n) is 3.76. The molecule has 1 aliphatic rings. The third-order valence-electron chi connectivity index (χ3n) is 4.90. The molecule has 1 aromatic carbocycles. The van der Waals surface area contributed by atoms with Crippen molar-refractivity contribution in [1.29, 1.82) is 0 Å². The minimum Gasteiger partial charge on any atom is -0.0616 e. The van der Waals surface area contributed by atoms with E-state index in [0.717, 1.165) is 5.92 Å². The molecule has 0 heteroatoms. The molecule has 1 unspecified atom stereocenters. The summed E-state index contributed by atoms with van der Waals surface area (Å²) in [6.07, 6.45) is 1.29. The highest BCUT2D eigenvalue weighted by Crippen LogP contribution is 2.50. The first-order chi connectivity index (χ1) is 7.66. The van der Waals surface area contributed by atoms with E-state index in [2.05, 4.69) is 60.6 Å². The van der Waals surface area contributed by atoms with Crippen LogP contribution in [0.15, 0.2) is 12.1 Å². The molecule has 94 valence electrons. The van der Waals surface area contributed by atoms with Gasteiger partial charge >= 0.3 is 0 Å². The van der Waals surface area contributed by atoms with Gasteiger partial charge in [-0.05, 0) is 53.7 Å². The molecule has 0 saturated heterocycles. The smallest absolute Gasteiger partial charge is 0.00745 e. The minimum absolute atomic E-state index is 0.307. The molecule has 1 aromatic rings. The lowest BCUT2D eigenvalue weighted by molar-refractivity contribution is 0.232. The highest BCUT2D eigenvalue weighted by molar-refractivity contribution is 5.48. The van der Waals surface area contributed by atoms with Gasteiger partial charge in [0, 0.05) is 0 Å². The van der Waals surface area contributed by atoms with Crippen molar-refractivity contribution < 1.29 is 0 Å². The Morgan fingerprint density at radius 3 is 2.24 bits per heavy atom. The summed E-state index contributed by atoms with van der Waals surface area (Å²) >= 11 is 0. The van der Waals surface area contributed by atoms with Crippen LogP contribution in [0.5, 0.6) is 0 Å². The van der Waals surface area contributed by atoms with Crippen LogP contribution >= 0.6 is 0 Å². The Morgan fingerprint density at radius 2 is 1.65 bits per heavy atom. The molecule has 2 rings (SSSR count). The Kier molecular flexibility index (Phi) is 2.69. The third-order valence-corrected chi connectivity index (χ3v) is 4.90. The summed E-state index contributed by atoms with van der Waals surface area (Å²) in [5, 5.41) is 0. The molecular formula is C17H26. The van der Waals surface area contributed by atoms with Crippen molar-refractivity contribution in [3.8, 4) is 0 Å². The van der Waals surface area contributed by atoms with Crippen molar-refractivity contribution >= 4 is 0 Å². The first kappa shape index (κ1) is 12.7. The SMILES string of the molecule is Cc1cc(C)c2c(c1)C(C)(C)C(C)CC2(C)C. The molecule has 0 fully saturated rings. The molecule has 1 atom stereocenters. The van der Waals surface area contributed by atoms with Gasteiger partial charge in [-0.25, -0.2) is 0 Å². The molecule has 0 nitrogen and oxygen atoms in total. The Balaban J connectivity index is 2.77. The van der Waals surface area contributed by atoms with Crippen molar-refractivity contribution in [2.75, 3.05) is 0 Å². The van der Waals surface area contributed by atoms with E-state index >= 15 is 0 Å². The van der Waals surface area contributed by atoms with Gasteiger partial charge in [0.2, 0.25) is 0 Å². The topological polar surface area (TPSA) is 0 Å². The van der Waals surface area contributed by atoms with E-state index in [1.807, 2.05) is 0 Å². The fraction of sp³-hybridized carbons (Fsp3) is 0.647. The van der Waals surface area contributed by atoms with Gasteiger partial charge in [-0.1, -0.05) is 52.3 Å². The Morgan fingerprint density at radius 1 is 1.06 bits per heavy atom. The molecular weight excluding hydrogens is 204 g/mol. The van der Waals surface area contributed by atoms with Gasteiger partial charge in [-0.15, -0.1) is 0 Å². The maximum Gasteiger partial charge on any atom is -0.00745 e. The van der Waals surface area contributed by atoms with Crippen molar-refractivity contribution in [1.82, 2.24) is 0 Å². The van der Waals surface area contributed by atoms with Gasteiger partial charge < -0.3 is 0 Å². The maximum atomic E-state index is 2.42. The van der Waals surface area contributed by atoms with Crippen LogP contribution in [-0.4, -0.2) is 0 Å². The maximum absolute atomic E-state index is 2.42. The Labute approximate surface area is 106 Å². The zero-order chi connectivity index (χ0) is 13.0. The second kappa shape index (κ2) is 3.60. The molecule has 1 aliphatic carbocycles. The molecule has 0 spiro atoms. The van der Waals surface area contributed by atoms with Gasteiger partial charge in [0.05, 0.1) is 0 Å². The summed E-state index contributed by atoms with van der Waals surface area (Å²) in [4.78, 5) is 0. The van der Waals surface area contributed by atoms with E-state index in [4.69, 9.17) is 0 Å². The second-order valence-electron chi connectivity index (χ2n) is 7.22. The van der Waals surface area contributed by atoms with Crippen LogP contribution in [0, 0.1) is 19.8 Å². The van der Waals surface area contributed by atoms with Crippen molar-refractivity contribution in [2.45, 2.75) is 65.7 Å². The molecule has 0 bridgehead atoms. The summed E-state index contributed by atoms with van der Waals surface area (Å²) in [5.41, 5.74) is 6.69. The number of hydrogen-bond donors (Lipinski definition) is 0. The van der Waals surface area contributed by atoms with Gasteiger partial charge in [-0.2, -0.15) is 0 Å². The van der Waals surface area contributed by atoms with Gasteiger partial charge in [0.1, 0.15) is 0 Å². The van der Waals surface area contributed by atoms with Crippen LogP contribution in [-0.2, 0) is 10.8 Å². The lowest BCUT2D eigenvalue weighted by atomic mass is 9.57. The standard InChI is InChI=1S/C17H26/c1-11-8-12(2)15-14(9-11)17(6,7)13(3)10-16(15,4)5/h8-9,13H,10H2,1-7H3. The average molecular weight is 230 g/mol. The predicted molar refractivity (Wildman–Crippen MR) is 75.7 cm³/mol. The highest BCUT2D eigenvalue weighted by Gasteiger charge is 2.42. The van der Waals surface area contributed by atoms with Crippen LogP contribution in [0.1, 0.15) is 63.3 Å². The van der Waals surface area contributed by atoms with Gasteiger partial charge in [0.15, 0.2) is 0 Å². The van der Waals surface area contributed by atoms with Crippen molar-refractivity contribution in [2.24, 2.45) is 5.92 Å². The van der Waals surface area contributed by atoms with Crippen LogP contribution in [0.4, 0.5) is 0 Å².